The summed E-state index contributed by atoms with van der Waals surface area (Å²) in [6.07, 6.45) is 0. The number of ether oxygens (including phenoxy) is 2. The predicted molar refractivity (Wildman–Crippen MR) is 76.1 cm³/mol. The number of hydrogen-bond acceptors (Lipinski definition) is 3. The molecule has 0 aliphatic carbocycles. The fraction of sp³-hybridized carbons (Fsp3) is 0.200. The fourth-order valence-corrected chi connectivity index (χ4v) is 2.39. The van der Waals surface area contributed by atoms with Crippen LogP contribution in [-0.2, 0) is 6.54 Å². The van der Waals surface area contributed by atoms with E-state index in [9.17, 15) is 0 Å². The number of hydrogen-bond donors (Lipinski definition) is 1. The Morgan fingerprint density at radius 3 is 2.95 bits per heavy atom. The molecule has 2 aromatic carbocycles. The van der Waals surface area contributed by atoms with Crippen LogP contribution < -0.4 is 14.8 Å². The van der Waals surface area contributed by atoms with Crippen molar-refractivity contribution >= 4 is 17.3 Å². The normalized spacial score (nSPS) is 12.5. The molecule has 0 saturated carbocycles. The molecule has 0 bridgehead atoms. The second-order valence-corrected chi connectivity index (χ2v) is 4.89. The molecule has 1 heterocycles. The van der Waals surface area contributed by atoms with Crippen LogP contribution in [0.2, 0.25) is 5.02 Å². The van der Waals surface area contributed by atoms with Gasteiger partial charge in [0.25, 0.3) is 0 Å². The van der Waals surface area contributed by atoms with Gasteiger partial charge in [-0.3, -0.25) is 0 Å². The smallest absolute Gasteiger partial charge is 0.231 e. The van der Waals surface area contributed by atoms with Crippen LogP contribution in [0.1, 0.15) is 11.1 Å². The van der Waals surface area contributed by atoms with E-state index in [0.29, 0.717) is 6.54 Å². The third-order valence-electron chi connectivity index (χ3n) is 3.07. The Hall–Kier alpha value is -1.87. The van der Waals surface area contributed by atoms with Gasteiger partial charge in [0.05, 0.1) is 10.7 Å². The maximum absolute atomic E-state index is 6.19. The molecule has 1 aliphatic heterocycles. The summed E-state index contributed by atoms with van der Waals surface area (Å²) < 4.78 is 10.8. The number of fused-ring (bicyclic) bond motifs is 1. The Morgan fingerprint density at radius 2 is 2.11 bits per heavy atom. The number of anilines is 1. The molecule has 2 aromatic rings. The molecule has 4 heteroatoms. The van der Waals surface area contributed by atoms with Crippen LogP contribution in [0.4, 0.5) is 5.69 Å². The van der Waals surface area contributed by atoms with E-state index in [0.717, 1.165) is 33.3 Å². The molecular weight excluding hydrogens is 262 g/mol. The first-order valence-corrected chi connectivity index (χ1v) is 6.49. The standard InChI is InChI=1S/C15H14ClNO2/c1-10-5-6-13(12(16)7-10)17-8-11-3-2-4-14-15(11)19-9-18-14/h2-7,17H,8-9H2,1H3. The topological polar surface area (TPSA) is 30.5 Å². The van der Waals surface area contributed by atoms with Crippen LogP contribution in [0, 0.1) is 6.92 Å². The molecule has 1 N–H and O–H groups in total. The molecule has 0 amide bonds. The van der Waals surface area contributed by atoms with Gasteiger partial charge >= 0.3 is 0 Å². The van der Waals surface area contributed by atoms with Crippen molar-refractivity contribution in [2.24, 2.45) is 0 Å². The maximum Gasteiger partial charge on any atom is 0.231 e. The summed E-state index contributed by atoms with van der Waals surface area (Å²) >= 11 is 6.19. The molecule has 3 nitrogen and oxygen atoms in total. The van der Waals surface area contributed by atoms with E-state index in [1.807, 2.05) is 43.3 Å². The quantitative estimate of drug-likeness (QED) is 0.919. The minimum absolute atomic E-state index is 0.289. The lowest BCUT2D eigenvalue weighted by atomic mass is 10.1. The van der Waals surface area contributed by atoms with E-state index in [2.05, 4.69) is 5.32 Å². The first-order valence-electron chi connectivity index (χ1n) is 6.11. The Balaban J connectivity index is 1.78. The van der Waals surface area contributed by atoms with Crippen molar-refractivity contribution in [1.29, 1.82) is 0 Å². The van der Waals surface area contributed by atoms with Crippen molar-refractivity contribution in [3.8, 4) is 11.5 Å². The average molecular weight is 276 g/mol. The second-order valence-electron chi connectivity index (χ2n) is 4.49. The van der Waals surface area contributed by atoms with E-state index < -0.39 is 0 Å². The molecule has 0 spiro atoms. The first kappa shape index (κ1) is 12.2. The lowest BCUT2D eigenvalue weighted by Crippen LogP contribution is -2.01. The van der Waals surface area contributed by atoms with Crippen molar-refractivity contribution in [1.82, 2.24) is 0 Å². The lowest BCUT2D eigenvalue weighted by molar-refractivity contribution is 0.173. The largest absolute Gasteiger partial charge is 0.454 e. The highest BCUT2D eigenvalue weighted by molar-refractivity contribution is 6.33. The minimum Gasteiger partial charge on any atom is -0.454 e. The molecule has 0 atom stereocenters. The molecule has 0 saturated heterocycles. The summed E-state index contributed by atoms with van der Waals surface area (Å²) in [5.41, 5.74) is 3.13. The van der Waals surface area contributed by atoms with Crippen molar-refractivity contribution in [3.63, 3.8) is 0 Å². The molecule has 1 aliphatic rings. The molecule has 0 unspecified atom stereocenters. The summed E-state index contributed by atoms with van der Waals surface area (Å²) in [7, 11) is 0. The van der Waals surface area contributed by atoms with Gasteiger partial charge in [0.15, 0.2) is 11.5 Å². The van der Waals surface area contributed by atoms with Crippen molar-refractivity contribution in [3.05, 3.63) is 52.5 Å². The van der Waals surface area contributed by atoms with Gasteiger partial charge in [0.1, 0.15) is 0 Å². The highest BCUT2D eigenvalue weighted by atomic mass is 35.5. The van der Waals surface area contributed by atoms with E-state index in [4.69, 9.17) is 21.1 Å². The van der Waals surface area contributed by atoms with Gasteiger partial charge < -0.3 is 14.8 Å². The summed E-state index contributed by atoms with van der Waals surface area (Å²) in [6.45, 7) is 2.96. The highest BCUT2D eigenvalue weighted by Crippen LogP contribution is 2.35. The fourth-order valence-electron chi connectivity index (χ4n) is 2.08. The average Bonchev–Trinajstić information content (AvgIpc) is 2.86. The zero-order chi connectivity index (χ0) is 13.2. The number of para-hydroxylation sites is 1. The van der Waals surface area contributed by atoms with Gasteiger partial charge in [-0.2, -0.15) is 0 Å². The third kappa shape index (κ3) is 2.47. The zero-order valence-corrected chi connectivity index (χ0v) is 11.3. The van der Waals surface area contributed by atoms with Gasteiger partial charge in [-0.25, -0.2) is 0 Å². The van der Waals surface area contributed by atoms with E-state index >= 15 is 0 Å². The highest BCUT2D eigenvalue weighted by Gasteiger charge is 2.16. The molecular formula is C15H14ClNO2. The summed E-state index contributed by atoms with van der Waals surface area (Å²) in [6, 6.07) is 11.8. The third-order valence-corrected chi connectivity index (χ3v) is 3.38. The van der Waals surface area contributed by atoms with Crippen molar-refractivity contribution in [2.45, 2.75) is 13.5 Å². The van der Waals surface area contributed by atoms with Crippen LogP contribution >= 0.6 is 11.6 Å². The van der Waals surface area contributed by atoms with Crippen LogP contribution in [-0.4, -0.2) is 6.79 Å². The second kappa shape index (κ2) is 5.02. The van der Waals surface area contributed by atoms with Gasteiger partial charge in [0.2, 0.25) is 6.79 Å². The Morgan fingerprint density at radius 1 is 1.21 bits per heavy atom. The summed E-state index contributed by atoms with van der Waals surface area (Å²) in [5.74, 6) is 1.62. The monoisotopic (exact) mass is 275 g/mol. The van der Waals surface area contributed by atoms with Gasteiger partial charge in [-0.05, 0) is 30.7 Å². The van der Waals surface area contributed by atoms with Crippen molar-refractivity contribution in [2.75, 3.05) is 12.1 Å². The van der Waals surface area contributed by atoms with E-state index in [1.54, 1.807) is 0 Å². The van der Waals surface area contributed by atoms with Gasteiger partial charge in [-0.15, -0.1) is 0 Å². The molecule has 3 rings (SSSR count). The summed E-state index contributed by atoms with van der Waals surface area (Å²) in [4.78, 5) is 0. The Labute approximate surface area is 117 Å². The predicted octanol–water partition coefficient (Wildman–Crippen LogP) is 3.99. The van der Waals surface area contributed by atoms with E-state index in [-0.39, 0.29) is 6.79 Å². The number of halogens is 1. The van der Waals surface area contributed by atoms with Crippen molar-refractivity contribution < 1.29 is 9.47 Å². The number of nitrogens with one attached hydrogen (secondary N) is 1. The first-order chi connectivity index (χ1) is 9.24. The summed E-state index contributed by atoms with van der Waals surface area (Å²) in [5, 5.41) is 4.05. The number of rotatable bonds is 3. The van der Waals surface area contributed by atoms with Crippen LogP contribution in [0.3, 0.4) is 0 Å². The molecule has 98 valence electrons. The minimum atomic E-state index is 0.289. The lowest BCUT2D eigenvalue weighted by Gasteiger charge is -2.10. The van der Waals surface area contributed by atoms with Crippen LogP contribution in [0.25, 0.3) is 0 Å². The number of aryl methyl sites for hydroxylation is 1. The molecule has 19 heavy (non-hydrogen) atoms. The SMILES string of the molecule is Cc1ccc(NCc2cccc3c2OCO3)c(Cl)c1. The van der Waals surface area contributed by atoms with Gasteiger partial charge in [0, 0.05) is 12.1 Å². The van der Waals surface area contributed by atoms with E-state index in [1.165, 1.54) is 0 Å². The Bertz CT molecular complexity index is 613. The van der Waals surface area contributed by atoms with Crippen LogP contribution in [0.15, 0.2) is 36.4 Å². The maximum atomic E-state index is 6.19. The zero-order valence-electron chi connectivity index (χ0n) is 10.6. The molecule has 0 aromatic heterocycles. The van der Waals surface area contributed by atoms with Crippen LogP contribution in [0.5, 0.6) is 11.5 Å². The molecule has 0 radical (unpaired) electrons. The number of benzene rings is 2. The Kier molecular flexibility index (Phi) is 3.22. The molecule has 0 fully saturated rings. The van der Waals surface area contributed by atoms with Gasteiger partial charge in [-0.1, -0.05) is 29.8 Å².